The van der Waals surface area contributed by atoms with Gasteiger partial charge >= 0.3 is 5.97 Å². The summed E-state index contributed by atoms with van der Waals surface area (Å²) in [6.07, 6.45) is -1.17. The monoisotopic (exact) mass is 212 g/mol. The van der Waals surface area contributed by atoms with Crippen LogP contribution in [0.25, 0.3) is 0 Å². The summed E-state index contributed by atoms with van der Waals surface area (Å²) in [7, 11) is 2.72. The van der Waals surface area contributed by atoms with Crippen LogP contribution in [0.1, 0.15) is 11.7 Å². The number of rotatable bonds is 4. The van der Waals surface area contributed by atoms with Crippen LogP contribution >= 0.6 is 0 Å². The summed E-state index contributed by atoms with van der Waals surface area (Å²) in [5.74, 6) is -0.863. The second-order valence-corrected chi connectivity index (χ2v) is 2.88. The lowest BCUT2D eigenvalue weighted by molar-refractivity contribution is -0.149. The van der Waals surface area contributed by atoms with Crippen LogP contribution in [0.15, 0.2) is 18.2 Å². The number of carboxylic acid groups (broad SMARTS) is 1. The van der Waals surface area contributed by atoms with Gasteiger partial charge in [0.2, 0.25) is 0 Å². The van der Waals surface area contributed by atoms with Crippen molar-refractivity contribution in [3.05, 3.63) is 23.8 Å². The van der Waals surface area contributed by atoms with Gasteiger partial charge in [0.15, 0.2) is 6.10 Å². The number of phenols is 1. The van der Waals surface area contributed by atoms with E-state index in [0.29, 0.717) is 5.75 Å². The zero-order chi connectivity index (χ0) is 11.4. The highest BCUT2D eigenvalue weighted by atomic mass is 16.5. The van der Waals surface area contributed by atoms with Crippen LogP contribution in [0.5, 0.6) is 11.5 Å². The molecule has 1 rings (SSSR count). The smallest absolute Gasteiger partial charge is 0.337 e. The van der Waals surface area contributed by atoms with Crippen molar-refractivity contribution in [1.29, 1.82) is 0 Å². The van der Waals surface area contributed by atoms with Crippen molar-refractivity contribution in [3.8, 4) is 11.5 Å². The topological polar surface area (TPSA) is 76.0 Å². The van der Waals surface area contributed by atoms with Gasteiger partial charge in [-0.05, 0) is 12.1 Å². The minimum absolute atomic E-state index is 0.163. The molecule has 0 spiro atoms. The number of aromatic hydroxyl groups is 1. The molecule has 0 aliphatic carbocycles. The first-order valence-corrected chi connectivity index (χ1v) is 4.22. The summed E-state index contributed by atoms with van der Waals surface area (Å²) in [5.41, 5.74) is 0.200. The predicted octanol–water partition coefficient (Wildman–Crippen LogP) is 1.17. The second kappa shape index (κ2) is 4.65. The Labute approximate surface area is 86.9 Å². The third kappa shape index (κ3) is 2.38. The molecule has 5 heteroatoms. The van der Waals surface area contributed by atoms with E-state index in [1.165, 1.54) is 26.4 Å². The zero-order valence-corrected chi connectivity index (χ0v) is 8.43. The zero-order valence-electron chi connectivity index (χ0n) is 8.43. The van der Waals surface area contributed by atoms with Crippen molar-refractivity contribution in [2.24, 2.45) is 0 Å². The van der Waals surface area contributed by atoms with Crippen LogP contribution in [0.3, 0.4) is 0 Å². The average molecular weight is 212 g/mol. The molecule has 15 heavy (non-hydrogen) atoms. The Morgan fingerprint density at radius 3 is 2.47 bits per heavy atom. The molecule has 0 aliphatic heterocycles. The number of hydrogen-bond acceptors (Lipinski definition) is 4. The number of phenolic OH excluding ortho intramolecular Hbond substituents is 1. The summed E-state index contributed by atoms with van der Waals surface area (Å²) < 4.78 is 9.63. The van der Waals surface area contributed by atoms with E-state index in [1.54, 1.807) is 6.07 Å². The molecule has 1 aromatic rings. The molecule has 1 atom stereocenters. The van der Waals surface area contributed by atoms with E-state index >= 15 is 0 Å². The fourth-order valence-electron chi connectivity index (χ4n) is 1.23. The largest absolute Gasteiger partial charge is 0.507 e. The molecule has 0 aliphatic rings. The van der Waals surface area contributed by atoms with E-state index in [4.69, 9.17) is 14.6 Å². The Kier molecular flexibility index (Phi) is 3.51. The number of aliphatic carboxylic acids is 1. The van der Waals surface area contributed by atoms with Gasteiger partial charge in [0.25, 0.3) is 0 Å². The van der Waals surface area contributed by atoms with Gasteiger partial charge in [0, 0.05) is 18.7 Å². The van der Waals surface area contributed by atoms with E-state index in [-0.39, 0.29) is 11.3 Å². The molecule has 0 saturated carbocycles. The van der Waals surface area contributed by atoms with Gasteiger partial charge in [0.1, 0.15) is 11.5 Å². The normalized spacial score (nSPS) is 12.1. The van der Waals surface area contributed by atoms with Crippen LogP contribution < -0.4 is 4.74 Å². The van der Waals surface area contributed by atoms with E-state index in [0.717, 1.165) is 0 Å². The Bertz CT molecular complexity index is 361. The average Bonchev–Trinajstić information content (AvgIpc) is 2.20. The van der Waals surface area contributed by atoms with Crippen LogP contribution in [0, 0.1) is 0 Å². The van der Waals surface area contributed by atoms with Crippen LogP contribution in [-0.2, 0) is 9.53 Å². The summed E-state index contributed by atoms with van der Waals surface area (Å²) in [6.45, 7) is 0. The Morgan fingerprint density at radius 1 is 1.40 bits per heavy atom. The van der Waals surface area contributed by atoms with E-state index < -0.39 is 12.1 Å². The van der Waals surface area contributed by atoms with Crippen LogP contribution in [0.2, 0.25) is 0 Å². The third-order valence-corrected chi connectivity index (χ3v) is 1.98. The van der Waals surface area contributed by atoms with Gasteiger partial charge in [-0.25, -0.2) is 4.79 Å². The number of methoxy groups -OCH3 is 2. The molecule has 1 aromatic carbocycles. The Balaban J connectivity index is 3.08. The SMILES string of the molecule is COc1ccc([C@H](OC)C(=O)O)c(O)c1. The van der Waals surface area contributed by atoms with E-state index in [9.17, 15) is 9.90 Å². The van der Waals surface area contributed by atoms with Crippen molar-refractivity contribution in [2.45, 2.75) is 6.10 Å². The lowest BCUT2D eigenvalue weighted by atomic mass is 10.1. The fourth-order valence-corrected chi connectivity index (χ4v) is 1.23. The summed E-state index contributed by atoms with van der Waals surface area (Å²) in [5, 5.41) is 18.4. The molecule has 2 N–H and O–H groups in total. The first-order valence-electron chi connectivity index (χ1n) is 4.22. The highest BCUT2D eigenvalue weighted by molar-refractivity contribution is 5.75. The molecule has 0 amide bonds. The Hall–Kier alpha value is -1.75. The highest BCUT2D eigenvalue weighted by Crippen LogP contribution is 2.30. The molecule has 0 radical (unpaired) electrons. The van der Waals surface area contributed by atoms with Crippen molar-refractivity contribution in [1.82, 2.24) is 0 Å². The molecule has 0 heterocycles. The van der Waals surface area contributed by atoms with Gasteiger partial charge in [-0.3, -0.25) is 0 Å². The minimum Gasteiger partial charge on any atom is -0.507 e. The van der Waals surface area contributed by atoms with Gasteiger partial charge in [-0.2, -0.15) is 0 Å². The first-order chi connectivity index (χ1) is 7.10. The fraction of sp³-hybridized carbons (Fsp3) is 0.300. The summed E-state index contributed by atoms with van der Waals surface area (Å²) in [4.78, 5) is 10.8. The maximum atomic E-state index is 10.8. The van der Waals surface area contributed by atoms with Crippen molar-refractivity contribution >= 4 is 5.97 Å². The number of ether oxygens (including phenoxy) is 2. The van der Waals surface area contributed by atoms with Crippen molar-refractivity contribution in [2.75, 3.05) is 14.2 Å². The Morgan fingerprint density at radius 2 is 2.07 bits per heavy atom. The maximum absolute atomic E-state index is 10.8. The lowest BCUT2D eigenvalue weighted by Crippen LogP contribution is -2.13. The van der Waals surface area contributed by atoms with Crippen molar-refractivity contribution < 1.29 is 24.5 Å². The lowest BCUT2D eigenvalue weighted by Gasteiger charge is -2.12. The molecule has 82 valence electrons. The maximum Gasteiger partial charge on any atom is 0.337 e. The molecular formula is C10H12O5. The summed E-state index contributed by atoms with van der Waals surface area (Å²) >= 11 is 0. The number of carbonyl (C=O) groups is 1. The van der Waals surface area contributed by atoms with Gasteiger partial charge < -0.3 is 19.7 Å². The number of benzene rings is 1. The second-order valence-electron chi connectivity index (χ2n) is 2.88. The van der Waals surface area contributed by atoms with E-state index in [1.807, 2.05) is 0 Å². The van der Waals surface area contributed by atoms with Crippen molar-refractivity contribution in [3.63, 3.8) is 0 Å². The van der Waals surface area contributed by atoms with Crippen LogP contribution in [0.4, 0.5) is 0 Å². The molecule has 0 saturated heterocycles. The van der Waals surface area contributed by atoms with Gasteiger partial charge in [0.05, 0.1) is 7.11 Å². The summed E-state index contributed by atoms with van der Waals surface area (Å²) in [6, 6.07) is 4.35. The first kappa shape index (κ1) is 11.3. The molecule has 0 fully saturated rings. The molecule has 0 unspecified atom stereocenters. The molecule has 0 aromatic heterocycles. The minimum atomic E-state index is -1.17. The molecule has 5 nitrogen and oxygen atoms in total. The van der Waals surface area contributed by atoms with E-state index in [2.05, 4.69) is 0 Å². The number of carboxylic acids is 1. The predicted molar refractivity (Wildman–Crippen MR) is 52.0 cm³/mol. The van der Waals surface area contributed by atoms with Gasteiger partial charge in [-0.1, -0.05) is 0 Å². The highest BCUT2D eigenvalue weighted by Gasteiger charge is 2.22. The molecule has 0 bridgehead atoms. The number of hydrogen-bond donors (Lipinski definition) is 2. The molecular weight excluding hydrogens is 200 g/mol. The van der Waals surface area contributed by atoms with Crippen LogP contribution in [-0.4, -0.2) is 30.4 Å². The standard InChI is InChI=1S/C10H12O5/c1-14-6-3-4-7(8(11)5-6)9(15-2)10(12)13/h3-5,9,11H,1-2H3,(H,12,13)/t9-/m0/s1. The van der Waals surface area contributed by atoms with Gasteiger partial charge in [-0.15, -0.1) is 0 Å². The quantitative estimate of drug-likeness (QED) is 0.783. The third-order valence-electron chi connectivity index (χ3n) is 1.98.